The lowest BCUT2D eigenvalue weighted by Gasteiger charge is -2.15. The maximum Gasteiger partial charge on any atom is 0.341 e. The van der Waals surface area contributed by atoms with E-state index in [4.69, 9.17) is 5.11 Å². The number of amides is 2. The Morgan fingerprint density at radius 1 is 1.21 bits per heavy atom. The van der Waals surface area contributed by atoms with Crippen molar-refractivity contribution >= 4 is 23.5 Å². The fourth-order valence-corrected chi connectivity index (χ4v) is 1.73. The first-order valence-electron chi connectivity index (χ1n) is 5.12. The summed E-state index contributed by atoms with van der Waals surface area (Å²) in [7, 11) is 0. The van der Waals surface area contributed by atoms with Crippen LogP contribution in [0.2, 0.25) is 0 Å². The third kappa shape index (κ3) is 1.99. The summed E-state index contributed by atoms with van der Waals surface area (Å²) in [6.07, 6.45) is 1.03. The molecule has 1 aliphatic heterocycles. The normalized spacial score (nSPS) is 14.9. The molecule has 7 heteroatoms. The third-order valence-corrected chi connectivity index (χ3v) is 2.60. The minimum atomic E-state index is -1.77. The second-order valence-electron chi connectivity index (χ2n) is 3.90. The minimum Gasteiger partial charge on any atom is -0.477 e. The van der Waals surface area contributed by atoms with E-state index in [-0.39, 0.29) is 11.3 Å². The molecule has 0 aliphatic carbocycles. The Hall–Kier alpha value is -2.57. The number of rotatable bonds is 2. The molecular weight excluding hydrogens is 260 g/mol. The fourth-order valence-electron chi connectivity index (χ4n) is 1.73. The number of carboxylic acids is 1. The molecular formula is C12H7F2NO4. The standard InChI is InChI=1S/C12H7F2NO4/c1-5-2-9(16)15(11(5)17)6-3-7(13)10(12(18)19)8(14)4-6/h2-4H,1H3,(H,18,19). The zero-order valence-electron chi connectivity index (χ0n) is 9.61. The van der Waals surface area contributed by atoms with Crippen molar-refractivity contribution in [3.05, 3.63) is 41.0 Å². The van der Waals surface area contributed by atoms with Crippen molar-refractivity contribution < 1.29 is 28.3 Å². The summed E-state index contributed by atoms with van der Waals surface area (Å²) in [6, 6.07) is 1.27. The number of hydrogen-bond acceptors (Lipinski definition) is 3. The molecule has 0 fully saturated rings. The average molecular weight is 267 g/mol. The Balaban J connectivity index is 2.52. The Kier molecular flexibility index (Phi) is 2.89. The largest absolute Gasteiger partial charge is 0.477 e. The van der Waals surface area contributed by atoms with Gasteiger partial charge in [0.1, 0.15) is 17.2 Å². The van der Waals surface area contributed by atoms with Crippen LogP contribution in [-0.4, -0.2) is 22.9 Å². The quantitative estimate of drug-likeness (QED) is 0.823. The van der Waals surface area contributed by atoms with Crippen LogP contribution in [0.25, 0.3) is 0 Å². The lowest BCUT2D eigenvalue weighted by atomic mass is 10.1. The van der Waals surface area contributed by atoms with Gasteiger partial charge in [-0.1, -0.05) is 0 Å². The maximum atomic E-state index is 13.5. The highest BCUT2D eigenvalue weighted by Crippen LogP contribution is 2.26. The van der Waals surface area contributed by atoms with E-state index in [9.17, 15) is 23.2 Å². The Morgan fingerprint density at radius 3 is 2.11 bits per heavy atom. The summed E-state index contributed by atoms with van der Waals surface area (Å²) < 4.78 is 27.0. The van der Waals surface area contributed by atoms with Gasteiger partial charge in [-0.3, -0.25) is 9.59 Å². The van der Waals surface area contributed by atoms with E-state index in [2.05, 4.69) is 0 Å². The molecule has 0 saturated heterocycles. The smallest absolute Gasteiger partial charge is 0.341 e. The van der Waals surface area contributed by atoms with Crippen molar-refractivity contribution in [1.29, 1.82) is 0 Å². The second kappa shape index (κ2) is 4.27. The molecule has 0 spiro atoms. The van der Waals surface area contributed by atoms with E-state index >= 15 is 0 Å². The first-order valence-corrected chi connectivity index (χ1v) is 5.12. The van der Waals surface area contributed by atoms with Gasteiger partial charge in [-0.15, -0.1) is 0 Å². The summed E-state index contributed by atoms with van der Waals surface area (Å²) in [5, 5.41) is 8.61. The summed E-state index contributed by atoms with van der Waals surface area (Å²) in [4.78, 5) is 34.3. The van der Waals surface area contributed by atoms with Crippen LogP contribution in [0.4, 0.5) is 14.5 Å². The van der Waals surface area contributed by atoms with E-state index in [1.165, 1.54) is 6.92 Å². The van der Waals surface area contributed by atoms with Crippen molar-refractivity contribution in [3.63, 3.8) is 0 Å². The maximum absolute atomic E-state index is 13.5. The molecule has 98 valence electrons. The third-order valence-electron chi connectivity index (χ3n) is 2.60. The zero-order valence-corrected chi connectivity index (χ0v) is 9.61. The molecule has 0 aromatic heterocycles. The van der Waals surface area contributed by atoms with Crippen molar-refractivity contribution in [2.45, 2.75) is 6.92 Å². The van der Waals surface area contributed by atoms with Gasteiger partial charge in [0.05, 0.1) is 5.69 Å². The monoisotopic (exact) mass is 267 g/mol. The number of halogens is 2. The lowest BCUT2D eigenvalue weighted by molar-refractivity contribution is -0.120. The zero-order chi connectivity index (χ0) is 14.3. The number of anilines is 1. The number of imide groups is 1. The summed E-state index contributed by atoms with van der Waals surface area (Å²) >= 11 is 0. The first-order chi connectivity index (χ1) is 8.82. The second-order valence-corrected chi connectivity index (χ2v) is 3.90. The molecule has 1 aromatic rings. The topological polar surface area (TPSA) is 74.7 Å². The van der Waals surface area contributed by atoms with E-state index in [1.807, 2.05) is 0 Å². The molecule has 0 atom stereocenters. The SMILES string of the molecule is CC1=CC(=O)N(c2cc(F)c(C(=O)O)c(F)c2)C1=O. The van der Waals surface area contributed by atoms with Gasteiger partial charge in [-0.05, 0) is 19.1 Å². The molecule has 19 heavy (non-hydrogen) atoms. The molecule has 1 aliphatic rings. The Labute approximate surface area is 105 Å². The lowest BCUT2D eigenvalue weighted by Crippen LogP contribution is -2.31. The molecule has 2 rings (SSSR count). The molecule has 0 unspecified atom stereocenters. The number of carboxylic acid groups (broad SMARTS) is 1. The van der Waals surface area contributed by atoms with E-state index < -0.39 is 35.0 Å². The highest BCUT2D eigenvalue weighted by molar-refractivity contribution is 6.30. The van der Waals surface area contributed by atoms with Crippen LogP contribution < -0.4 is 4.90 Å². The highest BCUT2D eigenvalue weighted by atomic mass is 19.1. The Bertz CT molecular complexity index is 628. The van der Waals surface area contributed by atoms with Crippen LogP contribution in [0.3, 0.4) is 0 Å². The number of nitrogens with zero attached hydrogens (tertiary/aromatic N) is 1. The van der Waals surface area contributed by atoms with Crippen molar-refractivity contribution in [2.75, 3.05) is 4.90 Å². The number of benzene rings is 1. The number of carbonyl (C=O) groups is 3. The van der Waals surface area contributed by atoms with Crippen LogP contribution in [0, 0.1) is 11.6 Å². The van der Waals surface area contributed by atoms with Gasteiger partial charge in [0.2, 0.25) is 0 Å². The van der Waals surface area contributed by atoms with E-state index in [0.29, 0.717) is 17.0 Å². The summed E-state index contributed by atoms with van der Waals surface area (Å²) in [5.41, 5.74) is -1.34. The van der Waals surface area contributed by atoms with E-state index in [1.54, 1.807) is 0 Å². The molecule has 2 amide bonds. The summed E-state index contributed by atoms with van der Waals surface area (Å²) in [5.74, 6) is -5.91. The molecule has 0 bridgehead atoms. The van der Waals surface area contributed by atoms with Crippen molar-refractivity contribution in [1.82, 2.24) is 0 Å². The van der Waals surface area contributed by atoms with Gasteiger partial charge < -0.3 is 5.11 Å². The van der Waals surface area contributed by atoms with Crippen LogP contribution in [0.1, 0.15) is 17.3 Å². The highest BCUT2D eigenvalue weighted by Gasteiger charge is 2.31. The number of carbonyl (C=O) groups excluding carboxylic acids is 2. The predicted molar refractivity (Wildman–Crippen MR) is 59.6 cm³/mol. The van der Waals surface area contributed by atoms with Crippen LogP contribution in [0.15, 0.2) is 23.8 Å². The molecule has 0 saturated carbocycles. The minimum absolute atomic E-state index is 0.133. The molecule has 1 N–H and O–H groups in total. The average Bonchev–Trinajstić information content (AvgIpc) is 2.51. The van der Waals surface area contributed by atoms with Gasteiger partial charge in [-0.25, -0.2) is 18.5 Å². The molecule has 1 aromatic carbocycles. The van der Waals surface area contributed by atoms with Crippen LogP contribution in [0.5, 0.6) is 0 Å². The summed E-state index contributed by atoms with van der Waals surface area (Å²) in [6.45, 7) is 1.39. The molecule has 0 radical (unpaired) electrons. The Morgan fingerprint density at radius 2 is 1.74 bits per heavy atom. The fraction of sp³-hybridized carbons (Fsp3) is 0.0833. The first kappa shape index (κ1) is 12.9. The van der Waals surface area contributed by atoms with Gasteiger partial charge in [-0.2, -0.15) is 0 Å². The van der Waals surface area contributed by atoms with E-state index in [0.717, 1.165) is 6.08 Å². The van der Waals surface area contributed by atoms with Crippen LogP contribution >= 0.6 is 0 Å². The van der Waals surface area contributed by atoms with Crippen molar-refractivity contribution in [2.24, 2.45) is 0 Å². The molecule has 5 nitrogen and oxygen atoms in total. The number of hydrogen-bond donors (Lipinski definition) is 1. The van der Waals surface area contributed by atoms with Gasteiger partial charge in [0.25, 0.3) is 11.8 Å². The predicted octanol–water partition coefficient (Wildman–Crippen LogP) is 1.48. The van der Waals surface area contributed by atoms with Gasteiger partial charge >= 0.3 is 5.97 Å². The van der Waals surface area contributed by atoms with Crippen LogP contribution in [-0.2, 0) is 9.59 Å². The van der Waals surface area contributed by atoms with Gasteiger partial charge in [0, 0.05) is 11.6 Å². The van der Waals surface area contributed by atoms with Gasteiger partial charge in [0.15, 0.2) is 0 Å². The van der Waals surface area contributed by atoms with Crippen molar-refractivity contribution in [3.8, 4) is 0 Å². The molecule has 1 heterocycles. The number of aromatic carboxylic acids is 1.